The molecule has 0 bridgehead atoms. The van der Waals surface area contributed by atoms with Crippen LogP contribution in [0.4, 0.5) is 0 Å². The van der Waals surface area contributed by atoms with Crippen LogP contribution in [-0.2, 0) is 14.3 Å². The third-order valence-corrected chi connectivity index (χ3v) is 4.71. The minimum atomic E-state index is -0.221. The number of carbonyl (C=O) groups excluding carboxylic acids is 2. The number of ether oxygens (including phenoxy) is 1. The van der Waals surface area contributed by atoms with Gasteiger partial charge in [-0.05, 0) is 36.7 Å². The van der Waals surface area contributed by atoms with Crippen LogP contribution in [-0.4, -0.2) is 18.4 Å². The predicted octanol–water partition coefficient (Wildman–Crippen LogP) is 3.45. The number of allylic oxidation sites excluding steroid dienone is 3. The monoisotopic (exact) mass is 276 g/mol. The Kier molecular flexibility index (Phi) is 4.17. The smallest absolute Gasteiger partial charge is 0.302 e. The Balaban J connectivity index is 2.30. The van der Waals surface area contributed by atoms with Gasteiger partial charge in [-0.15, -0.1) is 0 Å². The summed E-state index contributed by atoms with van der Waals surface area (Å²) in [6.45, 7) is 7.92. The number of aldehydes is 1. The summed E-state index contributed by atoms with van der Waals surface area (Å²) in [5.41, 5.74) is 2.21. The highest BCUT2D eigenvalue weighted by Crippen LogP contribution is 2.62. The molecule has 0 amide bonds. The zero-order valence-electron chi connectivity index (χ0n) is 12.8. The van der Waals surface area contributed by atoms with Crippen molar-refractivity contribution in [1.82, 2.24) is 0 Å². The van der Waals surface area contributed by atoms with Crippen LogP contribution in [0, 0.1) is 17.3 Å². The molecule has 0 aromatic carbocycles. The lowest BCUT2D eigenvalue weighted by atomic mass is 9.98. The summed E-state index contributed by atoms with van der Waals surface area (Å²) in [7, 11) is 0. The lowest BCUT2D eigenvalue weighted by Crippen LogP contribution is -2.22. The van der Waals surface area contributed by atoms with E-state index in [1.165, 1.54) is 12.5 Å². The van der Waals surface area contributed by atoms with Crippen molar-refractivity contribution in [3.63, 3.8) is 0 Å². The van der Waals surface area contributed by atoms with Crippen LogP contribution < -0.4 is 0 Å². The van der Waals surface area contributed by atoms with Gasteiger partial charge in [0.2, 0.25) is 0 Å². The van der Waals surface area contributed by atoms with E-state index in [0.717, 1.165) is 31.1 Å². The molecule has 1 saturated carbocycles. The zero-order valence-corrected chi connectivity index (χ0v) is 12.8. The minimum absolute atomic E-state index is 0.0778. The number of rotatable bonds is 2. The minimum Gasteiger partial charge on any atom is -0.462 e. The molecule has 0 radical (unpaired) electrons. The first kappa shape index (κ1) is 15.0. The van der Waals surface area contributed by atoms with Crippen LogP contribution in [0.25, 0.3) is 0 Å². The van der Waals surface area contributed by atoms with Crippen LogP contribution in [0.5, 0.6) is 0 Å². The van der Waals surface area contributed by atoms with Crippen molar-refractivity contribution >= 4 is 12.3 Å². The first-order valence-electron chi connectivity index (χ1n) is 7.35. The van der Waals surface area contributed by atoms with Crippen LogP contribution in [0.3, 0.4) is 0 Å². The highest BCUT2D eigenvalue weighted by molar-refractivity contribution is 5.73. The van der Waals surface area contributed by atoms with E-state index in [2.05, 4.69) is 32.9 Å². The van der Waals surface area contributed by atoms with Gasteiger partial charge in [-0.3, -0.25) is 9.59 Å². The topological polar surface area (TPSA) is 43.4 Å². The average molecular weight is 276 g/mol. The SMILES string of the molecule is CC(=O)O[C@@H]1CC(C)=CCCC(C=O)=C[C@@H]2[C@H]1C2(C)C. The molecule has 3 nitrogen and oxygen atoms in total. The van der Waals surface area contributed by atoms with Gasteiger partial charge in [0.25, 0.3) is 0 Å². The molecule has 3 heteroatoms. The molecule has 0 aromatic rings. The quantitative estimate of drug-likeness (QED) is 0.441. The lowest BCUT2D eigenvalue weighted by Gasteiger charge is -2.19. The van der Waals surface area contributed by atoms with E-state index in [1.807, 2.05) is 0 Å². The number of carbonyl (C=O) groups is 2. The molecular formula is C17H24O3. The predicted molar refractivity (Wildman–Crippen MR) is 78.1 cm³/mol. The van der Waals surface area contributed by atoms with Crippen molar-refractivity contribution in [1.29, 1.82) is 0 Å². The van der Waals surface area contributed by atoms with Crippen molar-refractivity contribution < 1.29 is 14.3 Å². The summed E-state index contributed by atoms with van der Waals surface area (Å²) in [5.74, 6) is 0.418. The molecule has 0 spiro atoms. The maximum absolute atomic E-state index is 11.4. The highest BCUT2D eigenvalue weighted by atomic mass is 16.5. The Morgan fingerprint density at radius 3 is 2.75 bits per heavy atom. The second kappa shape index (κ2) is 5.55. The zero-order chi connectivity index (χ0) is 14.9. The van der Waals surface area contributed by atoms with Crippen molar-refractivity contribution in [2.75, 3.05) is 0 Å². The Bertz CT molecular complexity index is 471. The van der Waals surface area contributed by atoms with Crippen LogP contribution in [0.1, 0.15) is 47.0 Å². The molecule has 0 N–H and O–H groups in total. The van der Waals surface area contributed by atoms with Gasteiger partial charge in [0.05, 0.1) is 0 Å². The molecule has 2 rings (SSSR count). The fourth-order valence-corrected chi connectivity index (χ4v) is 3.50. The summed E-state index contributed by atoms with van der Waals surface area (Å²) in [6, 6.07) is 0. The Labute approximate surface area is 121 Å². The molecule has 1 fully saturated rings. The number of hydrogen-bond donors (Lipinski definition) is 0. The first-order chi connectivity index (χ1) is 9.36. The molecule has 0 aromatic heterocycles. The summed E-state index contributed by atoms with van der Waals surface area (Å²) in [4.78, 5) is 22.5. The standard InChI is InChI=1S/C17H24O3/c1-11-6-5-7-13(10-18)9-14-16(17(14,3)4)15(8-11)20-12(2)19/h6,9-10,14-16H,5,7-8H2,1-4H3/t14-,15-,16-/m1/s1. The first-order valence-corrected chi connectivity index (χ1v) is 7.35. The van der Waals surface area contributed by atoms with Gasteiger partial charge in [-0.25, -0.2) is 0 Å². The second-order valence-electron chi connectivity index (χ2n) is 6.67. The van der Waals surface area contributed by atoms with E-state index in [1.54, 1.807) is 0 Å². The molecule has 0 heterocycles. The van der Waals surface area contributed by atoms with Gasteiger partial charge in [-0.1, -0.05) is 31.6 Å². The Hall–Kier alpha value is -1.38. The maximum Gasteiger partial charge on any atom is 0.302 e. The molecule has 2 aliphatic carbocycles. The van der Waals surface area contributed by atoms with Crippen molar-refractivity contribution in [2.45, 2.75) is 53.1 Å². The largest absolute Gasteiger partial charge is 0.462 e. The maximum atomic E-state index is 11.4. The van der Waals surface area contributed by atoms with Gasteiger partial charge in [-0.2, -0.15) is 0 Å². The van der Waals surface area contributed by atoms with E-state index < -0.39 is 0 Å². The van der Waals surface area contributed by atoms with E-state index >= 15 is 0 Å². The Morgan fingerprint density at radius 1 is 1.45 bits per heavy atom. The van der Waals surface area contributed by atoms with Crippen LogP contribution >= 0.6 is 0 Å². The van der Waals surface area contributed by atoms with E-state index in [4.69, 9.17) is 4.74 Å². The summed E-state index contributed by atoms with van der Waals surface area (Å²) in [5, 5.41) is 0. The molecule has 110 valence electrons. The number of hydrogen-bond acceptors (Lipinski definition) is 3. The van der Waals surface area contributed by atoms with E-state index in [9.17, 15) is 9.59 Å². The molecule has 0 saturated heterocycles. The Morgan fingerprint density at radius 2 is 2.15 bits per heavy atom. The number of esters is 1. The molecule has 0 aliphatic heterocycles. The third-order valence-electron chi connectivity index (χ3n) is 4.71. The fraction of sp³-hybridized carbons (Fsp3) is 0.647. The van der Waals surface area contributed by atoms with Gasteiger partial charge in [0.15, 0.2) is 0 Å². The lowest BCUT2D eigenvalue weighted by molar-refractivity contribution is -0.147. The average Bonchev–Trinajstić information content (AvgIpc) is 2.88. The third kappa shape index (κ3) is 3.02. The molecule has 20 heavy (non-hydrogen) atoms. The van der Waals surface area contributed by atoms with Crippen molar-refractivity contribution in [3.8, 4) is 0 Å². The van der Waals surface area contributed by atoms with Gasteiger partial charge >= 0.3 is 5.97 Å². The van der Waals surface area contributed by atoms with E-state index in [0.29, 0.717) is 11.8 Å². The van der Waals surface area contributed by atoms with Crippen LogP contribution in [0.2, 0.25) is 0 Å². The molecular weight excluding hydrogens is 252 g/mol. The fourth-order valence-electron chi connectivity index (χ4n) is 3.50. The molecule has 0 unspecified atom stereocenters. The van der Waals surface area contributed by atoms with E-state index in [-0.39, 0.29) is 17.5 Å². The van der Waals surface area contributed by atoms with Gasteiger partial charge < -0.3 is 4.74 Å². The second-order valence-corrected chi connectivity index (χ2v) is 6.67. The summed E-state index contributed by atoms with van der Waals surface area (Å²) < 4.78 is 5.55. The van der Waals surface area contributed by atoms with Crippen LogP contribution in [0.15, 0.2) is 23.3 Å². The number of fused-ring (bicyclic) bond motifs is 1. The van der Waals surface area contributed by atoms with Gasteiger partial charge in [0.1, 0.15) is 12.4 Å². The van der Waals surface area contributed by atoms with Gasteiger partial charge in [0, 0.05) is 19.3 Å². The molecule has 3 atom stereocenters. The van der Waals surface area contributed by atoms with Crippen molar-refractivity contribution in [2.24, 2.45) is 17.3 Å². The highest BCUT2D eigenvalue weighted by Gasteiger charge is 2.60. The summed E-state index contributed by atoms with van der Waals surface area (Å²) in [6.07, 6.45) is 7.63. The normalized spacial score (nSPS) is 32.3. The van der Waals surface area contributed by atoms with Crippen molar-refractivity contribution in [3.05, 3.63) is 23.3 Å². The molecule has 2 aliphatic rings. The summed E-state index contributed by atoms with van der Waals surface area (Å²) >= 11 is 0.